The van der Waals surface area contributed by atoms with E-state index in [1.165, 1.54) is 12.1 Å². The van der Waals surface area contributed by atoms with E-state index in [0.29, 0.717) is 30.6 Å². The van der Waals surface area contributed by atoms with Crippen molar-refractivity contribution in [3.63, 3.8) is 0 Å². The number of halogens is 2. The minimum atomic E-state index is -0.380. The smallest absolute Gasteiger partial charge is 0.254 e. The number of rotatable bonds is 2. The second-order valence-corrected chi connectivity index (χ2v) is 5.00. The average molecular weight is 316 g/mol. The monoisotopic (exact) mass is 315 g/mol. The molecule has 0 aliphatic carbocycles. The van der Waals surface area contributed by atoms with E-state index in [0.717, 1.165) is 5.56 Å². The Labute approximate surface area is 114 Å². The zero-order chi connectivity index (χ0) is 13.1. The highest BCUT2D eigenvalue weighted by Crippen LogP contribution is 2.16. The van der Waals surface area contributed by atoms with Crippen LogP contribution in [-0.2, 0) is 4.74 Å². The molecule has 0 bridgehead atoms. The summed E-state index contributed by atoms with van der Waals surface area (Å²) in [6.07, 6.45) is 0.0107. The normalized spacial score (nSPS) is 19.9. The largest absolute Gasteiger partial charge is 0.374 e. The van der Waals surface area contributed by atoms with E-state index in [4.69, 9.17) is 4.74 Å². The fourth-order valence-corrected chi connectivity index (χ4v) is 2.38. The van der Waals surface area contributed by atoms with Crippen LogP contribution in [0.5, 0.6) is 0 Å². The minimum Gasteiger partial charge on any atom is -0.374 e. The molecule has 1 amide bonds. The van der Waals surface area contributed by atoms with Crippen molar-refractivity contribution in [1.82, 2.24) is 4.90 Å². The van der Waals surface area contributed by atoms with Gasteiger partial charge in [0.2, 0.25) is 0 Å². The van der Waals surface area contributed by atoms with Gasteiger partial charge in [0, 0.05) is 24.0 Å². The molecule has 1 aliphatic heterocycles. The van der Waals surface area contributed by atoms with Crippen molar-refractivity contribution in [2.45, 2.75) is 13.0 Å². The van der Waals surface area contributed by atoms with Crippen LogP contribution in [0.15, 0.2) is 18.2 Å². The van der Waals surface area contributed by atoms with Crippen LogP contribution < -0.4 is 0 Å². The molecule has 1 unspecified atom stereocenters. The molecule has 2 rings (SSSR count). The van der Waals surface area contributed by atoms with Crippen LogP contribution in [0.4, 0.5) is 4.39 Å². The molecule has 98 valence electrons. The van der Waals surface area contributed by atoms with E-state index in [1.54, 1.807) is 11.0 Å². The van der Waals surface area contributed by atoms with E-state index < -0.39 is 0 Å². The van der Waals surface area contributed by atoms with Crippen molar-refractivity contribution in [2.24, 2.45) is 0 Å². The van der Waals surface area contributed by atoms with Crippen LogP contribution in [0.1, 0.15) is 15.9 Å². The topological polar surface area (TPSA) is 29.5 Å². The number of alkyl halides is 1. The van der Waals surface area contributed by atoms with Gasteiger partial charge in [0.05, 0.1) is 12.7 Å². The Kier molecular flexibility index (Phi) is 4.35. The maximum absolute atomic E-state index is 13.2. The Hall–Kier alpha value is -0.940. The zero-order valence-corrected chi connectivity index (χ0v) is 11.7. The Bertz CT molecular complexity index is 453. The van der Waals surface area contributed by atoms with E-state index in [1.807, 2.05) is 6.92 Å². The molecule has 0 spiro atoms. The van der Waals surface area contributed by atoms with Crippen LogP contribution >= 0.6 is 15.9 Å². The van der Waals surface area contributed by atoms with Gasteiger partial charge in [0.25, 0.3) is 5.91 Å². The maximum Gasteiger partial charge on any atom is 0.254 e. The molecule has 1 saturated heterocycles. The summed E-state index contributed by atoms with van der Waals surface area (Å²) in [5.41, 5.74) is 1.23. The van der Waals surface area contributed by atoms with Crippen molar-refractivity contribution in [3.05, 3.63) is 35.1 Å². The lowest BCUT2D eigenvalue weighted by Crippen LogP contribution is -2.46. The van der Waals surface area contributed by atoms with Crippen LogP contribution in [0.2, 0.25) is 0 Å². The van der Waals surface area contributed by atoms with E-state index in [-0.39, 0.29) is 17.8 Å². The van der Waals surface area contributed by atoms with Gasteiger partial charge in [-0.25, -0.2) is 4.39 Å². The second-order valence-electron chi connectivity index (χ2n) is 4.36. The number of carbonyl (C=O) groups is 1. The Morgan fingerprint density at radius 1 is 1.61 bits per heavy atom. The molecule has 0 saturated carbocycles. The molecule has 0 aromatic heterocycles. The van der Waals surface area contributed by atoms with Gasteiger partial charge in [-0.2, -0.15) is 0 Å². The summed E-state index contributed by atoms with van der Waals surface area (Å²) < 4.78 is 18.7. The molecular weight excluding hydrogens is 301 g/mol. The summed E-state index contributed by atoms with van der Waals surface area (Å²) in [4.78, 5) is 14.0. The number of nitrogens with zero attached hydrogens (tertiary/aromatic N) is 1. The number of aryl methyl sites for hydroxylation is 1. The van der Waals surface area contributed by atoms with Crippen molar-refractivity contribution < 1.29 is 13.9 Å². The van der Waals surface area contributed by atoms with E-state index >= 15 is 0 Å². The van der Waals surface area contributed by atoms with Crippen molar-refractivity contribution in [1.29, 1.82) is 0 Å². The van der Waals surface area contributed by atoms with Gasteiger partial charge in [-0.1, -0.05) is 22.0 Å². The van der Waals surface area contributed by atoms with Gasteiger partial charge < -0.3 is 9.64 Å². The molecule has 1 fully saturated rings. The molecular formula is C13H15BrFNO2. The molecule has 1 atom stereocenters. The lowest BCUT2D eigenvalue weighted by molar-refractivity contribution is -0.00969. The molecule has 0 N–H and O–H groups in total. The first-order valence-electron chi connectivity index (χ1n) is 5.85. The maximum atomic E-state index is 13.2. The molecule has 18 heavy (non-hydrogen) atoms. The van der Waals surface area contributed by atoms with Crippen LogP contribution in [0.25, 0.3) is 0 Å². The van der Waals surface area contributed by atoms with Crippen molar-refractivity contribution in [2.75, 3.05) is 25.0 Å². The number of amides is 1. The Morgan fingerprint density at radius 3 is 3.11 bits per heavy atom. The summed E-state index contributed by atoms with van der Waals surface area (Å²) in [5.74, 6) is -0.504. The summed E-state index contributed by atoms with van der Waals surface area (Å²) in [6.45, 7) is 3.43. The summed E-state index contributed by atoms with van der Waals surface area (Å²) in [5, 5.41) is 0.693. The van der Waals surface area contributed by atoms with Gasteiger partial charge in [0.1, 0.15) is 5.82 Å². The molecule has 1 aromatic rings. The average Bonchev–Trinajstić information content (AvgIpc) is 2.41. The summed E-state index contributed by atoms with van der Waals surface area (Å²) in [7, 11) is 0. The first kappa shape index (κ1) is 13.5. The third kappa shape index (κ3) is 2.90. The van der Waals surface area contributed by atoms with Gasteiger partial charge in [0.15, 0.2) is 0 Å². The van der Waals surface area contributed by atoms with Crippen molar-refractivity contribution >= 4 is 21.8 Å². The predicted octanol–water partition coefficient (Wildman–Crippen LogP) is 2.37. The molecule has 5 heteroatoms. The molecule has 0 radical (unpaired) electrons. The Balaban J connectivity index is 2.17. The second kappa shape index (κ2) is 5.80. The highest BCUT2D eigenvalue weighted by molar-refractivity contribution is 9.09. The van der Waals surface area contributed by atoms with E-state index in [2.05, 4.69) is 15.9 Å². The van der Waals surface area contributed by atoms with Gasteiger partial charge >= 0.3 is 0 Å². The summed E-state index contributed by atoms with van der Waals surface area (Å²) in [6, 6.07) is 4.30. The number of morpholine rings is 1. The summed E-state index contributed by atoms with van der Waals surface area (Å²) >= 11 is 3.35. The van der Waals surface area contributed by atoms with Gasteiger partial charge in [-0.05, 0) is 24.6 Å². The predicted molar refractivity (Wildman–Crippen MR) is 70.6 cm³/mol. The third-order valence-corrected chi connectivity index (χ3v) is 3.75. The number of benzene rings is 1. The lowest BCUT2D eigenvalue weighted by atomic mass is 10.1. The molecule has 1 aliphatic rings. The SMILES string of the molecule is Cc1ccc(F)cc1C(=O)N1CCOC(CBr)C1. The number of ether oxygens (including phenoxy) is 1. The number of carbonyl (C=O) groups excluding carboxylic acids is 1. The van der Waals surface area contributed by atoms with Crippen LogP contribution in [0, 0.1) is 12.7 Å². The first-order valence-corrected chi connectivity index (χ1v) is 6.97. The third-order valence-electron chi connectivity index (χ3n) is 3.03. The standard InChI is InChI=1S/C13H15BrFNO2/c1-9-2-3-10(15)6-12(9)13(17)16-4-5-18-11(7-14)8-16/h2-3,6,11H,4-5,7-8H2,1H3. The quantitative estimate of drug-likeness (QED) is 0.784. The molecule has 1 heterocycles. The fourth-order valence-electron chi connectivity index (χ4n) is 1.99. The lowest BCUT2D eigenvalue weighted by Gasteiger charge is -2.32. The highest BCUT2D eigenvalue weighted by atomic mass is 79.9. The van der Waals surface area contributed by atoms with Gasteiger partial charge in [-0.15, -0.1) is 0 Å². The van der Waals surface area contributed by atoms with E-state index in [9.17, 15) is 9.18 Å². The fraction of sp³-hybridized carbons (Fsp3) is 0.462. The van der Waals surface area contributed by atoms with Gasteiger partial charge in [-0.3, -0.25) is 4.79 Å². The molecule has 1 aromatic carbocycles. The number of hydrogen-bond donors (Lipinski definition) is 0. The minimum absolute atomic E-state index is 0.0107. The highest BCUT2D eigenvalue weighted by Gasteiger charge is 2.25. The number of hydrogen-bond acceptors (Lipinski definition) is 2. The molecule has 3 nitrogen and oxygen atoms in total. The zero-order valence-electron chi connectivity index (χ0n) is 10.2. The van der Waals surface area contributed by atoms with Crippen LogP contribution in [0.3, 0.4) is 0 Å². The van der Waals surface area contributed by atoms with Crippen molar-refractivity contribution in [3.8, 4) is 0 Å². The Morgan fingerprint density at radius 2 is 2.39 bits per heavy atom. The van der Waals surface area contributed by atoms with Crippen LogP contribution in [-0.4, -0.2) is 41.9 Å². The first-order chi connectivity index (χ1) is 8.61.